The maximum atomic E-state index is 13.8. The largest absolute Gasteiger partial charge is 0.478 e. The van der Waals surface area contributed by atoms with Gasteiger partial charge in [-0.25, -0.2) is 9.18 Å². The van der Waals surface area contributed by atoms with Gasteiger partial charge in [-0.05, 0) is 33.0 Å². The fraction of sp³-hybridized carbons (Fsp3) is 0.500. The van der Waals surface area contributed by atoms with Gasteiger partial charge in [-0.3, -0.25) is 0 Å². The van der Waals surface area contributed by atoms with E-state index in [0.717, 1.165) is 25.9 Å². The summed E-state index contributed by atoms with van der Waals surface area (Å²) in [6.45, 7) is 1.57. The molecule has 1 unspecified atom stereocenters. The van der Waals surface area contributed by atoms with Crippen molar-refractivity contribution in [2.75, 3.05) is 37.8 Å². The molecule has 1 atom stereocenters. The van der Waals surface area contributed by atoms with Crippen LogP contribution < -0.4 is 10.6 Å². The van der Waals surface area contributed by atoms with Crippen LogP contribution in [0.3, 0.4) is 0 Å². The number of piperidine rings is 1. The highest BCUT2D eigenvalue weighted by Gasteiger charge is 2.24. The zero-order chi connectivity index (χ0) is 14.9. The zero-order valence-electron chi connectivity index (χ0n) is 11.8. The molecule has 1 aromatic carbocycles. The molecule has 0 spiro atoms. The summed E-state index contributed by atoms with van der Waals surface area (Å²) >= 11 is 0. The zero-order valence-corrected chi connectivity index (χ0v) is 11.8. The van der Waals surface area contributed by atoms with Crippen molar-refractivity contribution in [1.82, 2.24) is 4.90 Å². The number of benzene rings is 1. The van der Waals surface area contributed by atoms with Gasteiger partial charge in [0.25, 0.3) is 0 Å². The molecule has 1 saturated heterocycles. The number of nitrogen functional groups attached to an aromatic ring is 1. The summed E-state index contributed by atoms with van der Waals surface area (Å²) in [5, 5.41) is 8.89. The average Bonchev–Trinajstić information content (AvgIpc) is 2.40. The number of rotatable bonds is 3. The van der Waals surface area contributed by atoms with Crippen molar-refractivity contribution < 1.29 is 14.3 Å². The first kappa shape index (κ1) is 14.6. The Morgan fingerprint density at radius 2 is 2.20 bits per heavy atom. The maximum Gasteiger partial charge on any atom is 0.338 e. The first-order chi connectivity index (χ1) is 9.40. The highest BCUT2D eigenvalue weighted by molar-refractivity contribution is 5.91. The molecule has 1 aromatic rings. The number of carbonyl (C=O) groups is 1. The van der Waals surface area contributed by atoms with Gasteiger partial charge in [0.05, 0.1) is 16.9 Å². The first-order valence-corrected chi connectivity index (χ1v) is 6.64. The third-order valence-electron chi connectivity index (χ3n) is 3.81. The van der Waals surface area contributed by atoms with Crippen LogP contribution in [0.5, 0.6) is 0 Å². The molecule has 0 aliphatic carbocycles. The van der Waals surface area contributed by atoms with Gasteiger partial charge in [-0.15, -0.1) is 0 Å². The van der Waals surface area contributed by atoms with Crippen LogP contribution in [0, 0.1) is 5.82 Å². The van der Waals surface area contributed by atoms with Crippen LogP contribution in [-0.4, -0.2) is 49.2 Å². The molecule has 3 N–H and O–H groups in total. The normalized spacial score (nSPS) is 19.4. The standard InChI is InChI=1S/C14H20FN3O2/c1-17(2)9-4-3-5-18(8-9)13-7-11(15)10(14(19)20)6-12(13)16/h6-7,9H,3-5,8,16H2,1-2H3,(H,19,20). The summed E-state index contributed by atoms with van der Waals surface area (Å²) in [7, 11) is 4.04. The molecule has 20 heavy (non-hydrogen) atoms. The topological polar surface area (TPSA) is 69.8 Å². The molecule has 1 heterocycles. The number of hydrogen-bond acceptors (Lipinski definition) is 4. The minimum Gasteiger partial charge on any atom is -0.478 e. The summed E-state index contributed by atoms with van der Waals surface area (Å²) in [5.41, 5.74) is 6.40. The van der Waals surface area contributed by atoms with Crippen molar-refractivity contribution in [3.05, 3.63) is 23.5 Å². The van der Waals surface area contributed by atoms with Gasteiger partial charge in [0.15, 0.2) is 0 Å². The van der Waals surface area contributed by atoms with Crippen molar-refractivity contribution in [2.24, 2.45) is 0 Å². The first-order valence-electron chi connectivity index (χ1n) is 6.64. The van der Waals surface area contributed by atoms with Crippen LogP contribution in [0.1, 0.15) is 23.2 Å². The fourth-order valence-electron chi connectivity index (χ4n) is 2.61. The van der Waals surface area contributed by atoms with E-state index in [9.17, 15) is 9.18 Å². The number of aromatic carboxylic acids is 1. The van der Waals surface area contributed by atoms with Gasteiger partial charge in [-0.1, -0.05) is 0 Å². The Morgan fingerprint density at radius 3 is 2.80 bits per heavy atom. The van der Waals surface area contributed by atoms with Crippen LogP contribution in [-0.2, 0) is 0 Å². The molecular weight excluding hydrogens is 261 g/mol. The molecule has 110 valence electrons. The maximum absolute atomic E-state index is 13.8. The lowest BCUT2D eigenvalue weighted by Crippen LogP contribution is -2.45. The van der Waals surface area contributed by atoms with Gasteiger partial charge >= 0.3 is 5.97 Å². The predicted octanol–water partition coefficient (Wildman–Crippen LogP) is 1.64. The number of hydrogen-bond donors (Lipinski definition) is 2. The number of nitrogens with two attached hydrogens (primary N) is 1. The highest BCUT2D eigenvalue weighted by Crippen LogP contribution is 2.29. The van der Waals surface area contributed by atoms with Crippen LogP contribution in [0.2, 0.25) is 0 Å². The second-order valence-electron chi connectivity index (χ2n) is 5.40. The van der Waals surface area contributed by atoms with E-state index >= 15 is 0 Å². The minimum atomic E-state index is -1.30. The highest BCUT2D eigenvalue weighted by atomic mass is 19.1. The lowest BCUT2D eigenvalue weighted by molar-refractivity contribution is 0.0692. The number of anilines is 2. The Balaban J connectivity index is 2.28. The van der Waals surface area contributed by atoms with Crippen LogP contribution >= 0.6 is 0 Å². The number of likely N-dealkylation sites (N-methyl/N-ethyl adjacent to an activating group) is 1. The molecular formula is C14H20FN3O2. The molecule has 0 amide bonds. The summed E-state index contributed by atoms with van der Waals surface area (Å²) in [4.78, 5) is 15.1. The molecule has 1 fully saturated rings. The van der Waals surface area contributed by atoms with Crippen molar-refractivity contribution in [1.29, 1.82) is 0 Å². The van der Waals surface area contributed by atoms with Crippen molar-refractivity contribution in [3.8, 4) is 0 Å². The van der Waals surface area contributed by atoms with Gasteiger partial charge in [0.2, 0.25) is 0 Å². The molecule has 1 aliphatic heterocycles. The van der Waals surface area contributed by atoms with E-state index in [-0.39, 0.29) is 5.56 Å². The van der Waals surface area contributed by atoms with E-state index in [1.807, 2.05) is 19.0 Å². The Bertz CT molecular complexity index is 519. The van der Waals surface area contributed by atoms with Crippen LogP contribution in [0.4, 0.5) is 15.8 Å². The molecule has 0 radical (unpaired) electrons. The quantitative estimate of drug-likeness (QED) is 0.824. The van der Waals surface area contributed by atoms with E-state index in [1.165, 1.54) is 12.1 Å². The van der Waals surface area contributed by atoms with Crippen molar-refractivity contribution >= 4 is 17.3 Å². The lowest BCUT2D eigenvalue weighted by Gasteiger charge is -2.38. The fourth-order valence-corrected chi connectivity index (χ4v) is 2.61. The average molecular weight is 281 g/mol. The molecule has 5 nitrogen and oxygen atoms in total. The Kier molecular flexibility index (Phi) is 4.13. The van der Waals surface area contributed by atoms with Crippen molar-refractivity contribution in [2.45, 2.75) is 18.9 Å². The molecule has 0 bridgehead atoms. The number of carboxylic acid groups (broad SMARTS) is 1. The Morgan fingerprint density at radius 1 is 1.50 bits per heavy atom. The van der Waals surface area contributed by atoms with E-state index < -0.39 is 11.8 Å². The Labute approximate surface area is 117 Å². The summed E-state index contributed by atoms with van der Waals surface area (Å²) in [6, 6.07) is 2.83. The minimum absolute atomic E-state index is 0.309. The van der Waals surface area contributed by atoms with E-state index in [1.54, 1.807) is 0 Å². The number of carboxylic acids is 1. The van der Waals surface area contributed by atoms with Crippen molar-refractivity contribution in [3.63, 3.8) is 0 Å². The van der Waals surface area contributed by atoms with Gasteiger partial charge in [0, 0.05) is 25.2 Å². The van der Waals surface area contributed by atoms with Crippen LogP contribution in [0.15, 0.2) is 12.1 Å². The lowest BCUT2D eigenvalue weighted by atomic mass is 10.0. The summed E-state index contributed by atoms with van der Waals surface area (Å²) in [5.74, 6) is -2.04. The second-order valence-corrected chi connectivity index (χ2v) is 5.40. The van der Waals surface area contributed by atoms with Crippen LogP contribution in [0.25, 0.3) is 0 Å². The van der Waals surface area contributed by atoms with Gasteiger partial charge in [-0.2, -0.15) is 0 Å². The molecule has 2 rings (SSSR count). The van der Waals surface area contributed by atoms with E-state index in [0.29, 0.717) is 17.4 Å². The third kappa shape index (κ3) is 2.85. The number of halogens is 1. The summed E-state index contributed by atoms with van der Waals surface area (Å²) < 4.78 is 13.8. The molecule has 0 aromatic heterocycles. The Hall–Kier alpha value is -1.82. The molecule has 0 saturated carbocycles. The third-order valence-corrected chi connectivity index (χ3v) is 3.81. The van der Waals surface area contributed by atoms with Gasteiger partial charge < -0.3 is 20.6 Å². The molecule has 1 aliphatic rings. The second kappa shape index (κ2) is 5.66. The predicted molar refractivity (Wildman–Crippen MR) is 76.7 cm³/mol. The van der Waals surface area contributed by atoms with Gasteiger partial charge in [0.1, 0.15) is 5.82 Å². The molecule has 6 heteroatoms. The number of nitrogens with zero attached hydrogens (tertiary/aromatic N) is 2. The SMILES string of the molecule is CN(C)C1CCCN(c2cc(F)c(C(=O)O)cc2N)C1. The van der Waals surface area contributed by atoms with E-state index in [2.05, 4.69) is 4.90 Å². The smallest absolute Gasteiger partial charge is 0.338 e. The van der Waals surface area contributed by atoms with E-state index in [4.69, 9.17) is 10.8 Å². The summed E-state index contributed by atoms with van der Waals surface area (Å²) in [6.07, 6.45) is 2.10. The monoisotopic (exact) mass is 281 g/mol.